The molecule has 94 valence electrons. The van der Waals surface area contributed by atoms with Gasteiger partial charge in [0.2, 0.25) is 0 Å². The number of piperidine rings is 1. The summed E-state index contributed by atoms with van der Waals surface area (Å²) in [5.41, 5.74) is 0.610. The Kier molecular flexibility index (Phi) is 4.07. The van der Waals surface area contributed by atoms with Crippen LogP contribution < -0.4 is 10.6 Å². The Hall–Kier alpha value is -1.00. The summed E-state index contributed by atoms with van der Waals surface area (Å²) < 4.78 is 1.75. The highest BCUT2D eigenvalue weighted by molar-refractivity contribution is 6.31. The van der Waals surface area contributed by atoms with Crippen molar-refractivity contribution in [1.82, 2.24) is 15.2 Å². The third-order valence-electron chi connectivity index (χ3n) is 3.15. The van der Waals surface area contributed by atoms with E-state index in [0.29, 0.717) is 16.6 Å². The normalized spacial score (nSPS) is 20.2. The number of hydrogen-bond acceptors (Lipinski definition) is 2. The minimum atomic E-state index is -0.0510. The molecule has 5 heteroatoms. The Morgan fingerprint density at radius 3 is 3.12 bits per heavy atom. The van der Waals surface area contributed by atoms with Crippen molar-refractivity contribution in [3.8, 4) is 0 Å². The molecule has 1 fully saturated rings. The maximum atomic E-state index is 11.9. The van der Waals surface area contributed by atoms with Gasteiger partial charge in [0, 0.05) is 19.8 Å². The van der Waals surface area contributed by atoms with E-state index in [1.54, 1.807) is 16.8 Å². The standard InChI is InChI=1S/C12H18ClN3O/c1-16-8-10(13)5-11(16)12(17)15-7-9-3-2-4-14-6-9/h5,8-9,14H,2-4,6-7H2,1H3,(H,15,17). The number of aryl methyl sites for hydroxylation is 1. The first-order valence-corrected chi connectivity index (χ1v) is 6.35. The first kappa shape index (κ1) is 12.5. The van der Waals surface area contributed by atoms with Gasteiger partial charge in [-0.25, -0.2) is 0 Å². The van der Waals surface area contributed by atoms with E-state index < -0.39 is 0 Å². The van der Waals surface area contributed by atoms with Gasteiger partial charge in [0.25, 0.3) is 5.91 Å². The van der Waals surface area contributed by atoms with Gasteiger partial charge < -0.3 is 15.2 Å². The molecular weight excluding hydrogens is 238 g/mol. The number of carbonyl (C=O) groups is 1. The molecule has 0 bridgehead atoms. The molecule has 17 heavy (non-hydrogen) atoms. The zero-order chi connectivity index (χ0) is 12.3. The van der Waals surface area contributed by atoms with Crippen LogP contribution in [0.3, 0.4) is 0 Å². The molecule has 1 saturated heterocycles. The predicted octanol–water partition coefficient (Wildman–Crippen LogP) is 1.41. The highest BCUT2D eigenvalue weighted by Gasteiger charge is 2.16. The summed E-state index contributed by atoms with van der Waals surface area (Å²) in [6.45, 7) is 2.82. The third-order valence-corrected chi connectivity index (χ3v) is 3.36. The molecule has 1 unspecified atom stereocenters. The van der Waals surface area contributed by atoms with Gasteiger partial charge in [0.1, 0.15) is 5.69 Å². The fourth-order valence-corrected chi connectivity index (χ4v) is 2.43. The second kappa shape index (κ2) is 5.56. The van der Waals surface area contributed by atoms with Crippen molar-refractivity contribution in [2.24, 2.45) is 13.0 Å². The fourth-order valence-electron chi connectivity index (χ4n) is 2.18. The first-order valence-electron chi connectivity index (χ1n) is 5.97. The van der Waals surface area contributed by atoms with Crippen LogP contribution in [0, 0.1) is 5.92 Å². The summed E-state index contributed by atoms with van der Waals surface area (Å²) in [6, 6.07) is 1.69. The molecule has 0 radical (unpaired) electrons. The molecule has 2 N–H and O–H groups in total. The van der Waals surface area contributed by atoms with Crippen LogP contribution in [0.25, 0.3) is 0 Å². The summed E-state index contributed by atoms with van der Waals surface area (Å²) in [7, 11) is 1.82. The maximum absolute atomic E-state index is 11.9. The molecule has 0 aliphatic carbocycles. The van der Waals surface area contributed by atoms with Gasteiger partial charge in [-0.2, -0.15) is 0 Å². The van der Waals surface area contributed by atoms with Crippen molar-refractivity contribution in [1.29, 1.82) is 0 Å². The van der Waals surface area contributed by atoms with E-state index >= 15 is 0 Å². The molecule has 1 atom stereocenters. The number of rotatable bonds is 3. The molecule has 2 rings (SSSR count). The number of halogens is 1. The zero-order valence-corrected chi connectivity index (χ0v) is 10.8. The summed E-state index contributed by atoms with van der Waals surface area (Å²) in [5.74, 6) is 0.494. The fraction of sp³-hybridized carbons (Fsp3) is 0.583. The van der Waals surface area contributed by atoms with E-state index in [1.165, 1.54) is 12.8 Å². The Bertz CT molecular complexity index is 396. The van der Waals surface area contributed by atoms with Gasteiger partial charge in [0.15, 0.2) is 0 Å². The van der Waals surface area contributed by atoms with E-state index in [4.69, 9.17) is 11.6 Å². The number of aromatic nitrogens is 1. The van der Waals surface area contributed by atoms with Crippen LogP contribution >= 0.6 is 11.6 Å². The van der Waals surface area contributed by atoms with Crippen molar-refractivity contribution in [3.05, 3.63) is 23.0 Å². The predicted molar refractivity (Wildman–Crippen MR) is 68.3 cm³/mol. The Balaban J connectivity index is 1.86. The minimum absolute atomic E-state index is 0.0510. The van der Waals surface area contributed by atoms with E-state index in [-0.39, 0.29) is 5.91 Å². The van der Waals surface area contributed by atoms with E-state index in [9.17, 15) is 4.79 Å². The lowest BCUT2D eigenvalue weighted by Gasteiger charge is -2.22. The molecular formula is C12H18ClN3O. The van der Waals surface area contributed by atoms with Gasteiger partial charge in [-0.05, 0) is 37.9 Å². The molecule has 2 heterocycles. The van der Waals surface area contributed by atoms with Crippen molar-refractivity contribution in [2.45, 2.75) is 12.8 Å². The topological polar surface area (TPSA) is 46.1 Å². The number of hydrogen-bond donors (Lipinski definition) is 2. The monoisotopic (exact) mass is 255 g/mol. The zero-order valence-electron chi connectivity index (χ0n) is 10.0. The lowest BCUT2D eigenvalue weighted by Crippen LogP contribution is -2.38. The Labute approximate surface area is 106 Å². The first-order chi connectivity index (χ1) is 8.16. The van der Waals surface area contributed by atoms with Crippen molar-refractivity contribution < 1.29 is 4.79 Å². The average Bonchev–Trinajstić information content (AvgIpc) is 2.67. The second-order valence-corrected chi connectivity index (χ2v) is 5.01. The van der Waals surface area contributed by atoms with Crippen LogP contribution in [-0.2, 0) is 7.05 Å². The molecule has 1 aliphatic rings. The van der Waals surface area contributed by atoms with Crippen LogP contribution in [0.2, 0.25) is 5.02 Å². The molecule has 0 saturated carbocycles. The number of nitrogens with one attached hydrogen (secondary N) is 2. The van der Waals surface area contributed by atoms with Crippen LogP contribution in [0.1, 0.15) is 23.3 Å². The van der Waals surface area contributed by atoms with Gasteiger partial charge in [0.05, 0.1) is 5.02 Å². The maximum Gasteiger partial charge on any atom is 0.267 e. The SMILES string of the molecule is Cn1cc(Cl)cc1C(=O)NCC1CCCNC1. The van der Waals surface area contributed by atoms with Gasteiger partial charge >= 0.3 is 0 Å². The number of carbonyl (C=O) groups excluding carboxylic acids is 1. The van der Waals surface area contributed by atoms with E-state index in [1.807, 2.05) is 7.05 Å². The van der Waals surface area contributed by atoms with E-state index in [2.05, 4.69) is 10.6 Å². The van der Waals surface area contributed by atoms with Crippen LogP contribution in [0.15, 0.2) is 12.3 Å². The lowest BCUT2D eigenvalue weighted by molar-refractivity contribution is 0.0936. The van der Waals surface area contributed by atoms with E-state index in [0.717, 1.165) is 19.6 Å². The number of nitrogens with zero attached hydrogens (tertiary/aromatic N) is 1. The summed E-state index contributed by atoms with van der Waals surface area (Å²) in [6.07, 6.45) is 4.11. The van der Waals surface area contributed by atoms with Crippen molar-refractivity contribution in [2.75, 3.05) is 19.6 Å². The summed E-state index contributed by atoms with van der Waals surface area (Å²) in [5, 5.41) is 6.90. The smallest absolute Gasteiger partial charge is 0.267 e. The van der Waals surface area contributed by atoms with Crippen molar-refractivity contribution in [3.63, 3.8) is 0 Å². The highest BCUT2D eigenvalue weighted by Crippen LogP contribution is 2.13. The lowest BCUT2D eigenvalue weighted by atomic mass is 10.00. The van der Waals surface area contributed by atoms with Gasteiger partial charge in [-0.3, -0.25) is 4.79 Å². The molecule has 0 aromatic carbocycles. The average molecular weight is 256 g/mol. The molecule has 1 amide bonds. The van der Waals surface area contributed by atoms with Crippen LogP contribution in [-0.4, -0.2) is 30.1 Å². The van der Waals surface area contributed by atoms with Crippen molar-refractivity contribution >= 4 is 17.5 Å². The number of amides is 1. The van der Waals surface area contributed by atoms with Gasteiger partial charge in [-0.15, -0.1) is 0 Å². The molecule has 0 spiro atoms. The quantitative estimate of drug-likeness (QED) is 0.858. The highest BCUT2D eigenvalue weighted by atomic mass is 35.5. The molecule has 1 aliphatic heterocycles. The summed E-state index contributed by atoms with van der Waals surface area (Å²) >= 11 is 5.85. The van der Waals surface area contributed by atoms with Gasteiger partial charge in [-0.1, -0.05) is 11.6 Å². The third kappa shape index (κ3) is 3.23. The Morgan fingerprint density at radius 1 is 1.71 bits per heavy atom. The van der Waals surface area contributed by atoms with Crippen LogP contribution in [0.5, 0.6) is 0 Å². The minimum Gasteiger partial charge on any atom is -0.350 e. The second-order valence-electron chi connectivity index (χ2n) is 4.58. The molecule has 1 aromatic rings. The largest absolute Gasteiger partial charge is 0.350 e. The Morgan fingerprint density at radius 2 is 2.53 bits per heavy atom. The molecule has 4 nitrogen and oxygen atoms in total. The summed E-state index contributed by atoms with van der Waals surface area (Å²) in [4.78, 5) is 11.9. The van der Waals surface area contributed by atoms with Crippen LogP contribution in [0.4, 0.5) is 0 Å². The molecule has 1 aromatic heterocycles.